The smallest absolute Gasteiger partial charge is 0.165 e. The van der Waals surface area contributed by atoms with Crippen LogP contribution in [0.4, 0.5) is 10.1 Å². The minimum atomic E-state index is -1.45. The fourth-order valence-electron chi connectivity index (χ4n) is 1.11. The van der Waals surface area contributed by atoms with Crippen LogP contribution in [-0.4, -0.2) is 28.0 Å². The van der Waals surface area contributed by atoms with Crippen molar-refractivity contribution in [1.29, 1.82) is 0 Å². The predicted molar refractivity (Wildman–Crippen MR) is 53.9 cm³/mol. The zero-order valence-electron chi connectivity index (χ0n) is 7.69. The van der Waals surface area contributed by atoms with E-state index in [-0.39, 0.29) is 16.3 Å². The van der Waals surface area contributed by atoms with Gasteiger partial charge < -0.3 is 21.1 Å². The van der Waals surface area contributed by atoms with Crippen LogP contribution >= 0.6 is 11.6 Å². The first-order valence-corrected chi connectivity index (χ1v) is 4.57. The number of anilines is 1. The minimum absolute atomic E-state index is 0.00934. The average Bonchev–Trinajstić information content (AvgIpc) is 2.24. The van der Waals surface area contributed by atoms with Crippen molar-refractivity contribution in [2.24, 2.45) is 0 Å². The average molecular weight is 236 g/mol. The van der Waals surface area contributed by atoms with E-state index in [0.29, 0.717) is 0 Å². The van der Waals surface area contributed by atoms with Gasteiger partial charge in [-0.3, -0.25) is 0 Å². The third-order valence-corrected chi connectivity index (χ3v) is 2.40. The molecule has 1 aromatic carbocycles. The van der Waals surface area contributed by atoms with E-state index in [1.54, 1.807) is 0 Å². The first kappa shape index (κ1) is 12.2. The van der Waals surface area contributed by atoms with Crippen molar-refractivity contribution in [3.05, 3.63) is 28.5 Å². The molecule has 15 heavy (non-hydrogen) atoms. The quantitative estimate of drug-likeness (QED) is 0.573. The van der Waals surface area contributed by atoms with Crippen molar-refractivity contribution >= 4 is 17.3 Å². The number of nitrogens with two attached hydrogens (primary N) is 1. The summed E-state index contributed by atoms with van der Waals surface area (Å²) in [6, 6.07) is 2.52. The molecule has 0 radical (unpaired) electrons. The second-order valence-corrected chi connectivity index (χ2v) is 3.44. The molecular formula is C9H11ClFNO3. The molecule has 1 rings (SSSR count). The molecule has 84 valence electrons. The number of rotatable bonds is 3. The van der Waals surface area contributed by atoms with E-state index < -0.39 is 24.6 Å². The van der Waals surface area contributed by atoms with Gasteiger partial charge in [0.15, 0.2) is 5.82 Å². The summed E-state index contributed by atoms with van der Waals surface area (Å²) in [5.41, 5.74) is 5.09. The molecular weight excluding hydrogens is 225 g/mol. The van der Waals surface area contributed by atoms with E-state index in [0.717, 1.165) is 0 Å². The van der Waals surface area contributed by atoms with Gasteiger partial charge in [-0.2, -0.15) is 0 Å². The Morgan fingerprint density at radius 2 is 2.00 bits per heavy atom. The van der Waals surface area contributed by atoms with Gasteiger partial charge in [0.25, 0.3) is 0 Å². The number of hydrogen-bond acceptors (Lipinski definition) is 4. The summed E-state index contributed by atoms with van der Waals surface area (Å²) in [6.07, 6.45) is -2.86. The van der Waals surface area contributed by atoms with E-state index in [9.17, 15) is 9.50 Å². The monoisotopic (exact) mass is 235 g/mol. The molecule has 0 saturated heterocycles. The third kappa shape index (κ3) is 2.38. The Morgan fingerprint density at radius 3 is 2.53 bits per heavy atom. The van der Waals surface area contributed by atoms with Crippen molar-refractivity contribution < 1.29 is 19.7 Å². The molecule has 0 heterocycles. The summed E-state index contributed by atoms with van der Waals surface area (Å²) in [5, 5.41) is 26.9. The lowest BCUT2D eigenvalue weighted by molar-refractivity contribution is -0.0153. The first-order chi connectivity index (χ1) is 6.99. The van der Waals surface area contributed by atoms with Crippen LogP contribution in [0.3, 0.4) is 0 Å². The SMILES string of the molecule is Nc1ccc(C(O)C(O)CO)c(Cl)c1F. The van der Waals surface area contributed by atoms with Crippen molar-refractivity contribution in [2.45, 2.75) is 12.2 Å². The zero-order chi connectivity index (χ0) is 11.6. The molecule has 5 N–H and O–H groups in total. The summed E-state index contributed by atoms with van der Waals surface area (Å²) in [7, 11) is 0. The summed E-state index contributed by atoms with van der Waals surface area (Å²) >= 11 is 5.59. The highest BCUT2D eigenvalue weighted by molar-refractivity contribution is 6.31. The standard InChI is InChI=1S/C9H11ClFNO3/c10-7-4(9(15)6(14)3-13)1-2-5(12)8(7)11/h1-2,6,9,13-15H,3,12H2. The molecule has 4 nitrogen and oxygen atoms in total. The first-order valence-electron chi connectivity index (χ1n) is 4.19. The summed E-state index contributed by atoms with van der Waals surface area (Å²) in [4.78, 5) is 0. The highest BCUT2D eigenvalue weighted by Crippen LogP contribution is 2.30. The number of halogens is 2. The van der Waals surface area contributed by atoms with Crippen LogP contribution in [0.2, 0.25) is 5.02 Å². The van der Waals surface area contributed by atoms with Crippen molar-refractivity contribution in [2.75, 3.05) is 12.3 Å². The Labute approximate surface area is 90.7 Å². The van der Waals surface area contributed by atoms with Gasteiger partial charge in [0.1, 0.15) is 12.2 Å². The van der Waals surface area contributed by atoms with Gasteiger partial charge in [0, 0.05) is 5.56 Å². The lowest BCUT2D eigenvalue weighted by atomic mass is 10.0. The fraction of sp³-hybridized carbons (Fsp3) is 0.333. The topological polar surface area (TPSA) is 86.7 Å². The minimum Gasteiger partial charge on any atom is -0.396 e. The molecule has 2 unspecified atom stereocenters. The predicted octanol–water partition coefficient (Wildman–Crippen LogP) is 0.448. The molecule has 2 atom stereocenters. The highest BCUT2D eigenvalue weighted by Gasteiger charge is 2.22. The molecule has 0 spiro atoms. The zero-order valence-corrected chi connectivity index (χ0v) is 8.45. The van der Waals surface area contributed by atoms with Crippen LogP contribution in [0.15, 0.2) is 12.1 Å². The Bertz CT molecular complexity index is 361. The molecule has 0 fully saturated rings. The van der Waals surface area contributed by atoms with Gasteiger partial charge in [-0.15, -0.1) is 0 Å². The molecule has 0 amide bonds. The maximum atomic E-state index is 13.2. The Hall–Kier alpha value is -0.880. The van der Waals surface area contributed by atoms with Gasteiger partial charge in [0.05, 0.1) is 17.3 Å². The van der Waals surface area contributed by atoms with Crippen molar-refractivity contribution in [3.63, 3.8) is 0 Å². The molecule has 0 aliphatic carbocycles. The Morgan fingerprint density at radius 1 is 1.40 bits per heavy atom. The summed E-state index contributed by atoms with van der Waals surface area (Å²) < 4.78 is 13.2. The van der Waals surface area contributed by atoms with Crippen LogP contribution in [0.5, 0.6) is 0 Å². The van der Waals surface area contributed by atoms with Crippen LogP contribution < -0.4 is 5.73 Å². The van der Waals surface area contributed by atoms with E-state index in [1.165, 1.54) is 12.1 Å². The summed E-state index contributed by atoms with van der Waals surface area (Å²) in [6.45, 7) is -0.649. The van der Waals surface area contributed by atoms with E-state index in [4.69, 9.17) is 27.5 Å². The van der Waals surface area contributed by atoms with Gasteiger partial charge >= 0.3 is 0 Å². The van der Waals surface area contributed by atoms with Crippen LogP contribution in [0.25, 0.3) is 0 Å². The van der Waals surface area contributed by atoms with E-state index in [2.05, 4.69) is 0 Å². The van der Waals surface area contributed by atoms with Crippen LogP contribution in [0, 0.1) is 5.82 Å². The molecule has 0 saturated carbocycles. The van der Waals surface area contributed by atoms with Crippen LogP contribution in [0.1, 0.15) is 11.7 Å². The van der Waals surface area contributed by atoms with E-state index >= 15 is 0 Å². The third-order valence-electron chi connectivity index (χ3n) is 2.01. The number of aliphatic hydroxyl groups excluding tert-OH is 3. The number of aliphatic hydroxyl groups is 3. The van der Waals surface area contributed by atoms with Crippen molar-refractivity contribution in [1.82, 2.24) is 0 Å². The number of hydrogen-bond donors (Lipinski definition) is 4. The normalized spacial score (nSPS) is 15.0. The van der Waals surface area contributed by atoms with Gasteiger partial charge in [-0.25, -0.2) is 4.39 Å². The van der Waals surface area contributed by atoms with Crippen LogP contribution in [-0.2, 0) is 0 Å². The van der Waals surface area contributed by atoms with Gasteiger partial charge in [-0.05, 0) is 6.07 Å². The fourth-order valence-corrected chi connectivity index (χ4v) is 1.40. The molecule has 0 aromatic heterocycles. The number of benzene rings is 1. The molecule has 0 bridgehead atoms. The van der Waals surface area contributed by atoms with Gasteiger partial charge in [-0.1, -0.05) is 17.7 Å². The number of nitrogen functional groups attached to an aromatic ring is 1. The molecule has 1 aromatic rings. The lowest BCUT2D eigenvalue weighted by Crippen LogP contribution is -2.22. The molecule has 6 heteroatoms. The van der Waals surface area contributed by atoms with E-state index in [1.807, 2.05) is 0 Å². The second kappa shape index (κ2) is 4.76. The largest absolute Gasteiger partial charge is 0.396 e. The maximum Gasteiger partial charge on any atom is 0.165 e. The van der Waals surface area contributed by atoms with Gasteiger partial charge in [0.2, 0.25) is 0 Å². The molecule has 0 aliphatic heterocycles. The Kier molecular flexibility index (Phi) is 3.87. The second-order valence-electron chi connectivity index (χ2n) is 3.07. The summed E-state index contributed by atoms with van der Waals surface area (Å²) in [5.74, 6) is -0.849. The Balaban J connectivity index is 3.10. The lowest BCUT2D eigenvalue weighted by Gasteiger charge is -2.17. The highest BCUT2D eigenvalue weighted by atomic mass is 35.5. The van der Waals surface area contributed by atoms with Crippen molar-refractivity contribution in [3.8, 4) is 0 Å². The maximum absolute atomic E-state index is 13.2. The molecule has 0 aliphatic rings.